The van der Waals surface area contributed by atoms with Crippen LogP contribution < -0.4 is 11.3 Å². The first-order chi connectivity index (χ1) is 7.24. The number of rotatable bonds is 2. The second-order valence-electron chi connectivity index (χ2n) is 3.16. The lowest BCUT2D eigenvalue weighted by atomic mass is 10.0. The van der Waals surface area contributed by atoms with Crippen molar-refractivity contribution in [3.05, 3.63) is 42.0 Å². The summed E-state index contributed by atoms with van der Waals surface area (Å²) in [7, 11) is 0. The van der Waals surface area contributed by atoms with Gasteiger partial charge in [0.2, 0.25) is 0 Å². The van der Waals surface area contributed by atoms with Crippen molar-refractivity contribution in [3.8, 4) is 0 Å². The second-order valence-corrected chi connectivity index (χ2v) is 3.16. The molecular formula is C11H10N2O2. The number of hydrazine groups is 1. The highest BCUT2D eigenvalue weighted by Crippen LogP contribution is 2.25. The van der Waals surface area contributed by atoms with Crippen molar-refractivity contribution in [2.75, 3.05) is 5.43 Å². The first-order valence-electron chi connectivity index (χ1n) is 4.45. The molecule has 76 valence electrons. The zero-order chi connectivity index (χ0) is 10.8. The third-order valence-electron chi connectivity index (χ3n) is 2.30. The average molecular weight is 202 g/mol. The number of hydrogen-bond donors (Lipinski definition) is 3. The molecule has 0 saturated carbocycles. The minimum absolute atomic E-state index is 0.204. The average Bonchev–Trinajstić information content (AvgIpc) is 2.27. The smallest absolute Gasteiger partial charge is 0.338 e. The largest absolute Gasteiger partial charge is 0.478 e. The maximum atomic E-state index is 11.1. The first kappa shape index (κ1) is 9.48. The van der Waals surface area contributed by atoms with Crippen molar-refractivity contribution < 1.29 is 9.90 Å². The van der Waals surface area contributed by atoms with Crippen LogP contribution in [0.2, 0.25) is 0 Å². The van der Waals surface area contributed by atoms with Gasteiger partial charge in [-0.3, -0.25) is 5.84 Å². The van der Waals surface area contributed by atoms with Gasteiger partial charge in [0, 0.05) is 0 Å². The maximum absolute atomic E-state index is 11.1. The normalized spacial score (nSPS) is 10.2. The molecule has 4 nitrogen and oxygen atoms in total. The summed E-state index contributed by atoms with van der Waals surface area (Å²) in [6.45, 7) is 0. The van der Waals surface area contributed by atoms with Crippen LogP contribution in [0, 0.1) is 0 Å². The fourth-order valence-electron chi connectivity index (χ4n) is 1.62. The SMILES string of the molecule is NNc1ccc2ccccc2c1C(=O)O. The van der Waals surface area contributed by atoms with E-state index in [1.165, 1.54) is 0 Å². The van der Waals surface area contributed by atoms with Gasteiger partial charge < -0.3 is 10.5 Å². The molecule has 0 aliphatic carbocycles. The van der Waals surface area contributed by atoms with Crippen molar-refractivity contribution in [3.63, 3.8) is 0 Å². The molecule has 0 atom stereocenters. The topological polar surface area (TPSA) is 75.3 Å². The Morgan fingerprint density at radius 3 is 2.60 bits per heavy atom. The Labute approximate surface area is 86.3 Å². The summed E-state index contributed by atoms with van der Waals surface area (Å²) in [6.07, 6.45) is 0. The molecule has 0 aromatic heterocycles. The van der Waals surface area contributed by atoms with Gasteiger partial charge in [-0.2, -0.15) is 0 Å². The van der Waals surface area contributed by atoms with Gasteiger partial charge in [0.25, 0.3) is 0 Å². The van der Waals surface area contributed by atoms with E-state index in [1.54, 1.807) is 18.2 Å². The van der Waals surface area contributed by atoms with Gasteiger partial charge in [-0.25, -0.2) is 4.79 Å². The Morgan fingerprint density at radius 1 is 1.20 bits per heavy atom. The monoisotopic (exact) mass is 202 g/mol. The Morgan fingerprint density at radius 2 is 1.93 bits per heavy atom. The molecule has 2 rings (SSSR count). The van der Waals surface area contributed by atoms with E-state index in [1.807, 2.05) is 18.2 Å². The minimum atomic E-state index is -0.986. The van der Waals surface area contributed by atoms with Crippen LogP contribution in [0.25, 0.3) is 10.8 Å². The molecule has 0 bridgehead atoms. The lowest BCUT2D eigenvalue weighted by Crippen LogP contribution is -2.12. The van der Waals surface area contributed by atoms with Crippen LogP contribution in [0.5, 0.6) is 0 Å². The molecule has 0 heterocycles. The molecule has 2 aromatic rings. The molecule has 2 aromatic carbocycles. The van der Waals surface area contributed by atoms with E-state index in [-0.39, 0.29) is 5.56 Å². The van der Waals surface area contributed by atoms with E-state index in [0.29, 0.717) is 11.1 Å². The highest BCUT2D eigenvalue weighted by atomic mass is 16.4. The summed E-state index contributed by atoms with van der Waals surface area (Å²) in [5.41, 5.74) is 3.01. The standard InChI is InChI=1S/C11H10N2O2/c12-13-9-6-5-7-3-1-2-4-8(7)10(9)11(14)15/h1-6,13H,12H2,(H,14,15). The van der Waals surface area contributed by atoms with Crippen LogP contribution in [0.15, 0.2) is 36.4 Å². The Kier molecular flexibility index (Phi) is 2.27. The van der Waals surface area contributed by atoms with E-state index in [4.69, 9.17) is 10.9 Å². The molecule has 4 heteroatoms. The quantitative estimate of drug-likeness (QED) is 0.513. The van der Waals surface area contributed by atoms with Gasteiger partial charge in [0.15, 0.2) is 0 Å². The van der Waals surface area contributed by atoms with Crippen molar-refractivity contribution in [1.29, 1.82) is 0 Å². The van der Waals surface area contributed by atoms with E-state index < -0.39 is 5.97 Å². The number of carboxylic acids is 1. The molecule has 0 spiro atoms. The number of fused-ring (bicyclic) bond motifs is 1. The number of anilines is 1. The van der Waals surface area contributed by atoms with Gasteiger partial charge in [-0.15, -0.1) is 0 Å². The first-order valence-corrected chi connectivity index (χ1v) is 4.45. The van der Waals surface area contributed by atoms with Crippen molar-refractivity contribution >= 4 is 22.4 Å². The van der Waals surface area contributed by atoms with Gasteiger partial charge in [-0.05, 0) is 16.8 Å². The van der Waals surface area contributed by atoms with E-state index in [9.17, 15) is 4.79 Å². The zero-order valence-electron chi connectivity index (χ0n) is 7.90. The maximum Gasteiger partial charge on any atom is 0.338 e. The number of carboxylic acid groups (broad SMARTS) is 1. The summed E-state index contributed by atoms with van der Waals surface area (Å²) >= 11 is 0. The highest BCUT2D eigenvalue weighted by molar-refractivity contribution is 6.08. The molecule has 0 unspecified atom stereocenters. The van der Waals surface area contributed by atoms with E-state index >= 15 is 0 Å². The van der Waals surface area contributed by atoms with E-state index in [0.717, 1.165) is 5.39 Å². The number of aromatic carboxylic acids is 1. The molecule has 4 N–H and O–H groups in total. The van der Waals surface area contributed by atoms with Gasteiger partial charge in [0.1, 0.15) is 0 Å². The highest BCUT2D eigenvalue weighted by Gasteiger charge is 2.12. The Hall–Kier alpha value is -2.07. The number of hydrogen-bond acceptors (Lipinski definition) is 3. The third-order valence-corrected chi connectivity index (χ3v) is 2.30. The Balaban J connectivity index is 2.85. The van der Waals surface area contributed by atoms with Crippen LogP contribution in [0.4, 0.5) is 5.69 Å². The molecule has 15 heavy (non-hydrogen) atoms. The van der Waals surface area contributed by atoms with Gasteiger partial charge in [0.05, 0.1) is 11.3 Å². The van der Waals surface area contributed by atoms with E-state index in [2.05, 4.69) is 5.43 Å². The predicted molar refractivity (Wildman–Crippen MR) is 58.7 cm³/mol. The summed E-state index contributed by atoms with van der Waals surface area (Å²) in [6, 6.07) is 10.8. The van der Waals surface area contributed by atoms with Crippen LogP contribution in [-0.2, 0) is 0 Å². The number of nitrogens with two attached hydrogens (primary N) is 1. The summed E-state index contributed by atoms with van der Waals surface area (Å²) in [4.78, 5) is 11.1. The van der Waals surface area contributed by atoms with Crippen molar-refractivity contribution in [2.24, 2.45) is 5.84 Å². The summed E-state index contributed by atoms with van der Waals surface area (Å²) in [5.74, 6) is 4.28. The number of benzene rings is 2. The third kappa shape index (κ3) is 1.51. The van der Waals surface area contributed by atoms with Gasteiger partial charge >= 0.3 is 5.97 Å². The molecular weight excluding hydrogens is 192 g/mol. The van der Waals surface area contributed by atoms with Crippen LogP contribution in [-0.4, -0.2) is 11.1 Å². The predicted octanol–water partition coefficient (Wildman–Crippen LogP) is 1.82. The molecule has 0 aliphatic rings. The van der Waals surface area contributed by atoms with Crippen molar-refractivity contribution in [1.82, 2.24) is 0 Å². The molecule has 0 radical (unpaired) electrons. The Bertz CT molecular complexity index is 523. The summed E-state index contributed by atoms with van der Waals surface area (Å²) < 4.78 is 0. The van der Waals surface area contributed by atoms with Crippen molar-refractivity contribution in [2.45, 2.75) is 0 Å². The molecule has 0 amide bonds. The lowest BCUT2D eigenvalue weighted by molar-refractivity contribution is 0.0700. The van der Waals surface area contributed by atoms with Crippen LogP contribution in [0.3, 0.4) is 0 Å². The zero-order valence-corrected chi connectivity index (χ0v) is 7.90. The molecule has 0 fully saturated rings. The fraction of sp³-hybridized carbons (Fsp3) is 0. The molecule has 0 saturated heterocycles. The van der Waals surface area contributed by atoms with Crippen LogP contribution >= 0.6 is 0 Å². The number of nitrogen functional groups attached to an aromatic ring is 1. The second kappa shape index (κ2) is 3.59. The lowest BCUT2D eigenvalue weighted by Gasteiger charge is -2.08. The molecule has 0 aliphatic heterocycles. The number of nitrogens with one attached hydrogen (secondary N) is 1. The fourth-order valence-corrected chi connectivity index (χ4v) is 1.62. The van der Waals surface area contributed by atoms with Gasteiger partial charge in [-0.1, -0.05) is 30.3 Å². The minimum Gasteiger partial charge on any atom is -0.478 e. The summed E-state index contributed by atoms with van der Waals surface area (Å²) in [5, 5.41) is 10.7. The van der Waals surface area contributed by atoms with Crippen LogP contribution in [0.1, 0.15) is 10.4 Å². The number of carbonyl (C=O) groups is 1.